The summed E-state index contributed by atoms with van der Waals surface area (Å²) in [6.45, 7) is 4.51. The highest BCUT2D eigenvalue weighted by molar-refractivity contribution is 7.99. The van der Waals surface area contributed by atoms with Gasteiger partial charge in [-0.05, 0) is 20.1 Å². The molecule has 0 radical (unpaired) electrons. The van der Waals surface area contributed by atoms with Gasteiger partial charge in [-0.15, -0.1) is 0 Å². The van der Waals surface area contributed by atoms with E-state index in [0.29, 0.717) is 6.54 Å². The van der Waals surface area contributed by atoms with Gasteiger partial charge in [-0.1, -0.05) is 0 Å². The number of rotatable bonds is 6. The first-order valence-electron chi connectivity index (χ1n) is 4.17. The van der Waals surface area contributed by atoms with Crippen LogP contribution in [-0.4, -0.2) is 47.0 Å². The van der Waals surface area contributed by atoms with Gasteiger partial charge in [0.2, 0.25) is 0 Å². The minimum atomic E-state index is -0.325. The fraction of sp³-hybridized carbons (Fsp3) is 1.00. The lowest BCUT2D eigenvalue weighted by atomic mass is 10.2. The van der Waals surface area contributed by atoms with Gasteiger partial charge in [-0.2, -0.15) is 11.8 Å². The van der Waals surface area contributed by atoms with Gasteiger partial charge in [0.05, 0.1) is 12.7 Å². The normalized spacial score (nSPS) is 18.8. The highest BCUT2D eigenvalue weighted by Crippen LogP contribution is 2.09. The predicted octanol–water partition coefficient (Wildman–Crippen LogP) is 0.0692. The maximum absolute atomic E-state index is 9.00. The minimum absolute atomic E-state index is 0.176. The summed E-state index contributed by atoms with van der Waals surface area (Å²) in [6.07, 6.45) is 1.65. The summed E-state index contributed by atoms with van der Waals surface area (Å²) in [5.74, 6) is 0. The van der Waals surface area contributed by atoms with Gasteiger partial charge in [0.15, 0.2) is 0 Å². The molecule has 0 amide bonds. The number of aliphatic hydroxyl groups excluding tert-OH is 2. The lowest BCUT2D eigenvalue weighted by Gasteiger charge is -2.21. The summed E-state index contributed by atoms with van der Waals surface area (Å²) in [6, 6.07) is 0.236. The van der Waals surface area contributed by atoms with E-state index in [0.717, 1.165) is 0 Å². The van der Waals surface area contributed by atoms with Crippen LogP contribution in [0.25, 0.3) is 0 Å². The molecule has 0 aromatic carbocycles. The molecule has 0 bridgehead atoms. The van der Waals surface area contributed by atoms with Gasteiger partial charge in [-0.25, -0.2) is 0 Å². The van der Waals surface area contributed by atoms with Crippen LogP contribution in [-0.2, 0) is 0 Å². The van der Waals surface area contributed by atoms with Crippen LogP contribution in [0.5, 0.6) is 0 Å². The fourth-order valence-electron chi connectivity index (χ4n) is 0.925. The Labute approximate surface area is 78.6 Å². The van der Waals surface area contributed by atoms with Crippen LogP contribution in [0.4, 0.5) is 0 Å². The first-order chi connectivity index (χ1) is 5.61. The molecule has 0 saturated heterocycles. The van der Waals surface area contributed by atoms with E-state index in [1.165, 1.54) is 0 Å². The van der Waals surface area contributed by atoms with Crippen molar-refractivity contribution in [2.75, 3.05) is 19.4 Å². The van der Waals surface area contributed by atoms with Crippen molar-refractivity contribution in [1.82, 2.24) is 5.32 Å². The number of hydrogen-bond donors (Lipinski definition) is 3. The summed E-state index contributed by atoms with van der Waals surface area (Å²) in [7, 11) is 0. The molecule has 0 aliphatic heterocycles. The van der Waals surface area contributed by atoms with E-state index in [1.54, 1.807) is 18.7 Å². The largest absolute Gasteiger partial charge is 0.395 e. The lowest BCUT2D eigenvalue weighted by Crippen LogP contribution is -2.40. The average Bonchev–Trinajstić information content (AvgIpc) is 2.03. The maximum Gasteiger partial charge on any atom is 0.0636 e. The zero-order valence-corrected chi connectivity index (χ0v) is 8.77. The highest BCUT2D eigenvalue weighted by Gasteiger charge is 2.14. The van der Waals surface area contributed by atoms with Crippen molar-refractivity contribution in [2.24, 2.45) is 0 Å². The molecule has 0 aromatic rings. The van der Waals surface area contributed by atoms with Crippen molar-refractivity contribution < 1.29 is 10.2 Å². The van der Waals surface area contributed by atoms with Gasteiger partial charge < -0.3 is 15.5 Å². The van der Waals surface area contributed by atoms with Gasteiger partial charge in [0.1, 0.15) is 0 Å². The topological polar surface area (TPSA) is 52.5 Å². The molecular weight excluding hydrogens is 174 g/mol. The van der Waals surface area contributed by atoms with Crippen LogP contribution in [0.1, 0.15) is 13.8 Å². The van der Waals surface area contributed by atoms with E-state index >= 15 is 0 Å². The molecule has 3 nitrogen and oxygen atoms in total. The third-order valence-corrected chi connectivity index (χ3v) is 2.94. The Morgan fingerprint density at radius 2 is 2.00 bits per heavy atom. The van der Waals surface area contributed by atoms with Crippen molar-refractivity contribution in [3.8, 4) is 0 Å². The van der Waals surface area contributed by atoms with Gasteiger partial charge in [-0.3, -0.25) is 0 Å². The van der Waals surface area contributed by atoms with Crippen molar-refractivity contribution in [1.29, 1.82) is 0 Å². The molecule has 0 aliphatic rings. The highest BCUT2D eigenvalue weighted by atomic mass is 32.2. The summed E-state index contributed by atoms with van der Waals surface area (Å²) in [4.78, 5) is 0. The summed E-state index contributed by atoms with van der Waals surface area (Å²) < 4.78 is 0. The molecule has 74 valence electrons. The van der Waals surface area contributed by atoms with Crippen LogP contribution in [0.2, 0.25) is 0 Å². The smallest absolute Gasteiger partial charge is 0.0636 e. The number of nitrogens with one attached hydrogen (secondary N) is 1. The third kappa shape index (κ3) is 4.98. The van der Waals surface area contributed by atoms with E-state index in [4.69, 9.17) is 10.2 Å². The van der Waals surface area contributed by atoms with Crippen molar-refractivity contribution in [3.05, 3.63) is 0 Å². The monoisotopic (exact) mass is 193 g/mol. The SMILES string of the molecule is CSC(CO)C(C)NC[C@@H](C)O. The molecule has 3 N–H and O–H groups in total. The molecule has 0 rings (SSSR count). The van der Waals surface area contributed by atoms with E-state index in [-0.39, 0.29) is 24.0 Å². The van der Waals surface area contributed by atoms with Crippen LogP contribution in [0.15, 0.2) is 0 Å². The van der Waals surface area contributed by atoms with Crippen LogP contribution in [0, 0.1) is 0 Å². The van der Waals surface area contributed by atoms with Crippen molar-refractivity contribution in [3.63, 3.8) is 0 Å². The molecule has 0 aliphatic carbocycles. The Morgan fingerprint density at radius 3 is 2.33 bits per heavy atom. The predicted molar refractivity (Wildman–Crippen MR) is 53.5 cm³/mol. The molecule has 2 unspecified atom stereocenters. The summed E-state index contributed by atoms with van der Waals surface area (Å²) in [5, 5.41) is 21.3. The van der Waals surface area contributed by atoms with Gasteiger partial charge in [0.25, 0.3) is 0 Å². The van der Waals surface area contributed by atoms with E-state index < -0.39 is 0 Å². The molecule has 0 saturated carbocycles. The zero-order valence-electron chi connectivity index (χ0n) is 7.95. The Morgan fingerprint density at radius 1 is 1.42 bits per heavy atom. The van der Waals surface area contributed by atoms with Gasteiger partial charge in [0, 0.05) is 17.8 Å². The summed E-state index contributed by atoms with van der Waals surface area (Å²) >= 11 is 1.64. The second-order valence-corrected chi connectivity index (χ2v) is 4.08. The van der Waals surface area contributed by atoms with Crippen molar-refractivity contribution >= 4 is 11.8 Å². The molecule has 0 aromatic heterocycles. The average molecular weight is 193 g/mol. The standard InChI is InChI=1S/C8H19NO2S/c1-6(11)4-9-7(2)8(5-10)12-3/h6-11H,4-5H2,1-3H3/t6-,7?,8?/m1/s1. The molecule has 0 spiro atoms. The zero-order chi connectivity index (χ0) is 9.56. The minimum Gasteiger partial charge on any atom is -0.395 e. The Balaban J connectivity index is 3.61. The van der Waals surface area contributed by atoms with Crippen LogP contribution < -0.4 is 5.32 Å². The number of aliphatic hydroxyl groups is 2. The Bertz CT molecular complexity index is 107. The number of thioether (sulfide) groups is 1. The van der Waals surface area contributed by atoms with Crippen LogP contribution in [0.3, 0.4) is 0 Å². The molecular formula is C8H19NO2S. The first-order valence-corrected chi connectivity index (χ1v) is 5.45. The molecule has 0 fully saturated rings. The second-order valence-electron chi connectivity index (χ2n) is 3.00. The lowest BCUT2D eigenvalue weighted by molar-refractivity contribution is 0.183. The summed E-state index contributed by atoms with van der Waals surface area (Å²) in [5.41, 5.74) is 0. The first kappa shape index (κ1) is 12.2. The van der Waals surface area contributed by atoms with E-state index in [1.807, 2.05) is 13.2 Å². The Hall–Kier alpha value is 0.230. The van der Waals surface area contributed by atoms with Gasteiger partial charge >= 0.3 is 0 Å². The van der Waals surface area contributed by atoms with Crippen LogP contribution >= 0.6 is 11.8 Å². The quantitative estimate of drug-likeness (QED) is 0.559. The van der Waals surface area contributed by atoms with E-state index in [9.17, 15) is 0 Å². The van der Waals surface area contributed by atoms with E-state index in [2.05, 4.69) is 5.32 Å². The molecule has 12 heavy (non-hydrogen) atoms. The second kappa shape index (κ2) is 6.71. The molecule has 3 atom stereocenters. The molecule has 0 heterocycles. The Kier molecular flexibility index (Phi) is 6.84. The fourth-order valence-corrected chi connectivity index (χ4v) is 1.58. The third-order valence-electron chi connectivity index (χ3n) is 1.78. The maximum atomic E-state index is 9.00. The molecule has 4 heteroatoms. The number of hydrogen-bond acceptors (Lipinski definition) is 4. The van der Waals surface area contributed by atoms with Crippen molar-refractivity contribution in [2.45, 2.75) is 31.2 Å².